The molecule has 0 saturated carbocycles. The Morgan fingerprint density at radius 3 is 2.50 bits per heavy atom. The molecule has 1 aromatic heterocycles. The first-order chi connectivity index (χ1) is 9.58. The number of rotatable bonds is 3. The monoisotopic (exact) mass is 288 g/mol. The third-order valence-corrected chi connectivity index (χ3v) is 3.17. The summed E-state index contributed by atoms with van der Waals surface area (Å²) in [5, 5.41) is 13.1. The first-order valence-electron chi connectivity index (χ1n) is 5.99. The Morgan fingerprint density at radius 2 is 2.00 bits per heavy atom. The second kappa shape index (κ2) is 5.75. The topological polar surface area (TPSA) is 48.1 Å². The van der Waals surface area contributed by atoms with E-state index in [4.69, 9.17) is 11.6 Å². The van der Waals surface area contributed by atoms with Crippen molar-refractivity contribution in [3.8, 4) is 5.69 Å². The standard InChI is InChI=1S/C15H13ClN2O2/c1-3-5-13-14(4-2)17(10-15(13)18(19)20)12-8-6-11(16)7-9-12/h3-10H,1H2,2H3/b13-5+,14-4+. The van der Waals surface area contributed by atoms with Crippen LogP contribution in [0.5, 0.6) is 0 Å². The van der Waals surface area contributed by atoms with Crippen LogP contribution in [0.3, 0.4) is 0 Å². The molecule has 0 N–H and O–H groups in total. The third kappa shape index (κ3) is 2.51. The van der Waals surface area contributed by atoms with Gasteiger partial charge in [-0.05, 0) is 37.3 Å². The summed E-state index contributed by atoms with van der Waals surface area (Å²) in [6.45, 7) is 5.45. The lowest BCUT2D eigenvalue weighted by Gasteiger charge is -2.02. The van der Waals surface area contributed by atoms with Crippen LogP contribution < -0.4 is 10.6 Å². The number of hydrogen-bond donors (Lipinski definition) is 0. The lowest BCUT2D eigenvalue weighted by atomic mass is 10.3. The van der Waals surface area contributed by atoms with E-state index in [2.05, 4.69) is 6.58 Å². The van der Waals surface area contributed by atoms with Gasteiger partial charge in [-0.1, -0.05) is 30.3 Å². The van der Waals surface area contributed by atoms with Gasteiger partial charge in [0.2, 0.25) is 0 Å². The normalized spacial score (nSPS) is 12.7. The van der Waals surface area contributed by atoms with Gasteiger partial charge in [-0.15, -0.1) is 0 Å². The molecule has 1 aromatic carbocycles. The number of nitro groups is 1. The van der Waals surface area contributed by atoms with Crippen molar-refractivity contribution in [2.75, 3.05) is 0 Å². The molecule has 0 aliphatic heterocycles. The Kier molecular flexibility index (Phi) is 4.05. The highest BCUT2D eigenvalue weighted by Gasteiger charge is 2.14. The first-order valence-corrected chi connectivity index (χ1v) is 6.37. The zero-order valence-electron chi connectivity index (χ0n) is 10.9. The van der Waals surface area contributed by atoms with Crippen molar-refractivity contribution in [3.63, 3.8) is 0 Å². The fraction of sp³-hybridized carbons (Fsp3) is 0.0667. The highest BCUT2D eigenvalue weighted by atomic mass is 35.5. The second-order valence-corrected chi connectivity index (χ2v) is 4.54. The maximum absolute atomic E-state index is 11.2. The van der Waals surface area contributed by atoms with Crippen molar-refractivity contribution < 1.29 is 4.92 Å². The average Bonchev–Trinajstić information content (AvgIpc) is 2.79. The van der Waals surface area contributed by atoms with Crippen molar-refractivity contribution in [3.05, 3.63) is 68.8 Å². The van der Waals surface area contributed by atoms with Crippen LogP contribution in [-0.4, -0.2) is 9.49 Å². The maximum Gasteiger partial charge on any atom is 0.295 e. The molecular weight excluding hydrogens is 276 g/mol. The lowest BCUT2D eigenvalue weighted by Crippen LogP contribution is -2.28. The molecule has 0 bridgehead atoms. The van der Waals surface area contributed by atoms with E-state index >= 15 is 0 Å². The van der Waals surface area contributed by atoms with E-state index in [1.165, 1.54) is 6.20 Å². The Labute approximate surface area is 121 Å². The summed E-state index contributed by atoms with van der Waals surface area (Å²) < 4.78 is 1.77. The maximum atomic E-state index is 11.2. The minimum atomic E-state index is -0.394. The summed E-state index contributed by atoms with van der Waals surface area (Å²) >= 11 is 5.86. The number of allylic oxidation sites excluding steroid dienone is 1. The van der Waals surface area contributed by atoms with Crippen molar-refractivity contribution in [1.29, 1.82) is 0 Å². The summed E-state index contributed by atoms with van der Waals surface area (Å²) in [7, 11) is 0. The molecule has 20 heavy (non-hydrogen) atoms. The Morgan fingerprint density at radius 1 is 1.35 bits per heavy atom. The van der Waals surface area contributed by atoms with E-state index < -0.39 is 4.92 Å². The SMILES string of the molecule is C=C/C=c1/c([N+](=O)[O-])cn(-c2ccc(Cl)cc2)/c1=C/C. The molecule has 4 nitrogen and oxygen atoms in total. The molecule has 0 radical (unpaired) electrons. The molecule has 0 unspecified atom stereocenters. The van der Waals surface area contributed by atoms with Gasteiger partial charge in [0, 0.05) is 10.7 Å². The minimum Gasteiger partial charge on any atom is -0.310 e. The van der Waals surface area contributed by atoms with Crippen molar-refractivity contribution in [2.24, 2.45) is 0 Å². The van der Waals surface area contributed by atoms with Crippen LogP contribution in [0.1, 0.15) is 6.92 Å². The number of hydrogen-bond acceptors (Lipinski definition) is 2. The predicted molar refractivity (Wildman–Crippen MR) is 81.5 cm³/mol. The molecule has 2 rings (SSSR count). The van der Waals surface area contributed by atoms with E-state index in [0.717, 1.165) is 11.0 Å². The Balaban J connectivity index is 2.82. The Hall–Kier alpha value is -2.33. The van der Waals surface area contributed by atoms with Crippen LogP contribution in [0.4, 0.5) is 5.69 Å². The van der Waals surface area contributed by atoms with Gasteiger partial charge in [-0.25, -0.2) is 0 Å². The molecule has 0 atom stereocenters. The molecule has 102 valence electrons. The molecule has 0 spiro atoms. The van der Waals surface area contributed by atoms with Crippen LogP contribution in [0.25, 0.3) is 17.8 Å². The van der Waals surface area contributed by atoms with Crippen molar-refractivity contribution in [1.82, 2.24) is 4.57 Å². The summed E-state index contributed by atoms with van der Waals surface area (Å²) in [5.41, 5.74) is 0.863. The predicted octanol–water partition coefficient (Wildman–Crippen LogP) is 2.81. The van der Waals surface area contributed by atoms with Gasteiger partial charge < -0.3 is 4.57 Å². The molecular formula is C15H13ClN2O2. The van der Waals surface area contributed by atoms with Crippen molar-refractivity contribution in [2.45, 2.75) is 6.92 Å². The van der Waals surface area contributed by atoms with Gasteiger partial charge in [0.15, 0.2) is 0 Å². The van der Waals surface area contributed by atoms with Crippen LogP contribution in [-0.2, 0) is 0 Å². The summed E-state index contributed by atoms with van der Waals surface area (Å²) in [6, 6.07) is 7.13. The van der Waals surface area contributed by atoms with Crippen LogP contribution in [0.15, 0.2) is 43.1 Å². The number of aromatic nitrogens is 1. The number of benzene rings is 1. The summed E-state index contributed by atoms with van der Waals surface area (Å²) in [5.74, 6) is 0. The van der Waals surface area contributed by atoms with Gasteiger partial charge in [0.1, 0.15) is 0 Å². The van der Waals surface area contributed by atoms with Crippen LogP contribution in [0, 0.1) is 10.1 Å². The fourth-order valence-electron chi connectivity index (χ4n) is 2.07. The average molecular weight is 289 g/mol. The highest BCUT2D eigenvalue weighted by Crippen LogP contribution is 2.13. The molecule has 0 aliphatic carbocycles. The zero-order chi connectivity index (χ0) is 14.7. The fourth-order valence-corrected chi connectivity index (χ4v) is 2.19. The number of nitrogens with zero attached hydrogens (tertiary/aromatic N) is 2. The highest BCUT2D eigenvalue weighted by molar-refractivity contribution is 6.30. The molecule has 0 fully saturated rings. The molecule has 2 aromatic rings. The third-order valence-electron chi connectivity index (χ3n) is 2.92. The smallest absolute Gasteiger partial charge is 0.295 e. The van der Waals surface area contributed by atoms with E-state index in [1.54, 1.807) is 28.9 Å². The summed E-state index contributed by atoms with van der Waals surface area (Å²) in [4.78, 5) is 10.8. The second-order valence-electron chi connectivity index (χ2n) is 4.11. The van der Waals surface area contributed by atoms with Crippen LogP contribution >= 0.6 is 11.6 Å². The van der Waals surface area contributed by atoms with E-state index in [0.29, 0.717) is 10.2 Å². The largest absolute Gasteiger partial charge is 0.310 e. The van der Waals surface area contributed by atoms with Crippen molar-refractivity contribution >= 4 is 29.4 Å². The lowest BCUT2D eigenvalue weighted by molar-refractivity contribution is -0.385. The van der Waals surface area contributed by atoms with Gasteiger partial charge in [0.05, 0.1) is 21.7 Å². The quantitative estimate of drug-likeness (QED) is 0.644. The van der Waals surface area contributed by atoms with Gasteiger partial charge in [0.25, 0.3) is 5.69 Å². The van der Waals surface area contributed by atoms with Gasteiger partial charge in [-0.2, -0.15) is 0 Å². The zero-order valence-corrected chi connectivity index (χ0v) is 11.7. The first kappa shape index (κ1) is 14.1. The molecule has 5 heteroatoms. The summed E-state index contributed by atoms with van der Waals surface area (Å²) in [6.07, 6.45) is 6.52. The molecule has 0 amide bonds. The van der Waals surface area contributed by atoms with E-state index in [-0.39, 0.29) is 5.69 Å². The van der Waals surface area contributed by atoms with E-state index in [9.17, 15) is 10.1 Å². The van der Waals surface area contributed by atoms with Gasteiger partial charge in [-0.3, -0.25) is 10.1 Å². The minimum absolute atomic E-state index is 0.0490. The molecule has 0 saturated heterocycles. The molecule has 1 heterocycles. The van der Waals surface area contributed by atoms with Gasteiger partial charge >= 0.3 is 0 Å². The Bertz CT molecular complexity index is 773. The van der Waals surface area contributed by atoms with Crippen LogP contribution in [0.2, 0.25) is 5.02 Å². The number of halogens is 1. The molecule has 0 aliphatic rings. The van der Waals surface area contributed by atoms with E-state index in [1.807, 2.05) is 25.1 Å².